The monoisotopic (exact) mass is 469 g/mol. The van der Waals surface area contributed by atoms with Crippen LogP contribution in [0.1, 0.15) is 32.8 Å². The Morgan fingerprint density at radius 3 is 2.48 bits per heavy atom. The van der Waals surface area contributed by atoms with Gasteiger partial charge in [0.1, 0.15) is 17.6 Å². The highest BCUT2D eigenvalue weighted by atomic mass is 35.5. The molecule has 31 heavy (non-hydrogen) atoms. The third-order valence-corrected chi connectivity index (χ3v) is 6.17. The predicted octanol–water partition coefficient (Wildman–Crippen LogP) is 2.56. The van der Waals surface area contributed by atoms with Crippen molar-refractivity contribution in [2.24, 2.45) is 24.2 Å². The molecule has 1 N–H and O–H groups in total. The number of oxime groups is 1. The van der Waals surface area contributed by atoms with Gasteiger partial charge in [0.25, 0.3) is 0 Å². The van der Waals surface area contributed by atoms with E-state index in [1.165, 1.54) is 20.2 Å². The highest BCUT2D eigenvalue weighted by molar-refractivity contribution is 7.71. The number of rotatable bonds is 3. The lowest BCUT2D eigenvalue weighted by atomic mass is 9.89. The molecule has 1 aromatic heterocycles. The van der Waals surface area contributed by atoms with Crippen molar-refractivity contribution in [1.29, 1.82) is 0 Å². The Labute approximate surface area is 186 Å². The van der Waals surface area contributed by atoms with Crippen LogP contribution >= 0.6 is 23.8 Å². The first-order valence-corrected chi connectivity index (χ1v) is 10.0. The van der Waals surface area contributed by atoms with Gasteiger partial charge in [-0.05, 0) is 45.1 Å². The number of ether oxygens (including phenoxy) is 1. The zero-order chi connectivity index (χ0) is 23.2. The van der Waals surface area contributed by atoms with Gasteiger partial charge in [0.05, 0.1) is 16.4 Å². The van der Waals surface area contributed by atoms with Crippen LogP contribution in [-0.4, -0.2) is 42.2 Å². The third kappa shape index (κ3) is 3.88. The summed E-state index contributed by atoms with van der Waals surface area (Å²) in [7, 11) is 2.78. The summed E-state index contributed by atoms with van der Waals surface area (Å²) in [4.78, 5) is 29.9. The molecule has 0 amide bonds. The molecular formula is C19H21ClFN5O4S. The Hall–Kier alpha value is -2.63. The lowest BCUT2D eigenvalue weighted by molar-refractivity contribution is -0.0321. The SMILES string of the molecule is C/C(=N\O)C1(C)CC(c2cc(-n3c(=O)n(C)c(=S)n(C)c3=O)c(F)cc2Cl)=N[C@H](C)O1. The molecule has 1 unspecified atom stereocenters. The highest BCUT2D eigenvalue weighted by Crippen LogP contribution is 2.32. The number of benzene rings is 1. The Balaban J connectivity index is 2.27. The van der Waals surface area contributed by atoms with Crippen LogP contribution < -0.4 is 11.4 Å². The number of aliphatic imine (C=N–C) groups is 1. The van der Waals surface area contributed by atoms with Gasteiger partial charge in [0.15, 0.2) is 4.77 Å². The van der Waals surface area contributed by atoms with E-state index in [0.29, 0.717) is 21.6 Å². The highest BCUT2D eigenvalue weighted by Gasteiger charge is 2.37. The van der Waals surface area contributed by atoms with Gasteiger partial charge in [-0.2, -0.15) is 0 Å². The fraction of sp³-hybridized carbons (Fsp3) is 0.421. The number of hydrogen-bond acceptors (Lipinski definition) is 7. The summed E-state index contributed by atoms with van der Waals surface area (Å²) in [5.41, 5.74) is -1.76. The molecule has 166 valence electrons. The summed E-state index contributed by atoms with van der Waals surface area (Å²) in [6.45, 7) is 5.03. The first-order chi connectivity index (χ1) is 14.4. The van der Waals surface area contributed by atoms with Crippen molar-refractivity contribution in [3.8, 4) is 5.69 Å². The normalized spacial score (nSPS) is 21.8. The number of halogens is 2. The van der Waals surface area contributed by atoms with Gasteiger partial charge in [-0.1, -0.05) is 16.8 Å². The fourth-order valence-electron chi connectivity index (χ4n) is 3.42. The maximum absolute atomic E-state index is 14.9. The van der Waals surface area contributed by atoms with Crippen LogP contribution in [0.25, 0.3) is 5.69 Å². The Bertz CT molecular complexity index is 1270. The zero-order valence-electron chi connectivity index (χ0n) is 17.5. The average Bonchev–Trinajstić information content (AvgIpc) is 2.71. The molecule has 0 saturated heterocycles. The second-order valence-electron chi connectivity index (χ2n) is 7.47. The van der Waals surface area contributed by atoms with Crippen molar-refractivity contribution in [3.05, 3.63) is 54.3 Å². The zero-order valence-corrected chi connectivity index (χ0v) is 19.1. The summed E-state index contributed by atoms with van der Waals surface area (Å²) in [5, 5.41) is 12.5. The molecular weight excluding hydrogens is 449 g/mol. The second kappa shape index (κ2) is 8.13. The molecule has 2 atom stereocenters. The van der Waals surface area contributed by atoms with Gasteiger partial charge < -0.3 is 9.94 Å². The Kier molecular flexibility index (Phi) is 6.05. The molecule has 1 aliphatic rings. The van der Waals surface area contributed by atoms with Crippen molar-refractivity contribution in [3.63, 3.8) is 0 Å². The minimum atomic E-state index is -0.980. The molecule has 3 rings (SSSR count). The van der Waals surface area contributed by atoms with Crippen molar-refractivity contribution >= 4 is 35.2 Å². The van der Waals surface area contributed by atoms with Gasteiger partial charge in [0.2, 0.25) is 0 Å². The van der Waals surface area contributed by atoms with Gasteiger partial charge in [-0.3, -0.25) is 14.1 Å². The Morgan fingerprint density at radius 2 is 1.94 bits per heavy atom. The van der Waals surface area contributed by atoms with E-state index < -0.39 is 29.0 Å². The molecule has 0 aliphatic carbocycles. The number of nitrogens with zero attached hydrogens (tertiary/aromatic N) is 5. The van der Waals surface area contributed by atoms with Crippen LogP contribution in [0.5, 0.6) is 0 Å². The van der Waals surface area contributed by atoms with E-state index in [0.717, 1.165) is 15.2 Å². The minimum absolute atomic E-state index is 0.00185. The van der Waals surface area contributed by atoms with E-state index in [4.69, 9.17) is 28.6 Å². The molecule has 2 aromatic rings. The largest absolute Gasteiger partial charge is 0.411 e. The van der Waals surface area contributed by atoms with Gasteiger partial charge >= 0.3 is 11.4 Å². The summed E-state index contributed by atoms with van der Waals surface area (Å²) in [5.74, 6) is -0.860. The molecule has 1 aliphatic heterocycles. The second-order valence-corrected chi connectivity index (χ2v) is 8.24. The molecule has 0 spiro atoms. The summed E-state index contributed by atoms with van der Waals surface area (Å²) in [6, 6.07) is 2.32. The molecule has 0 bridgehead atoms. The first-order valence-electron chi connectivity index (χ1n) is 9.23. The molecule has 2 heterocycles. The molecule has 9 nitrogen and oxygen atoms in total. The first kappa shape index (κ1) is 23.0. The van der Waals surface area contributed by atoms with E-state index in [1.807, 2.05) is 0 Å². The van der Waals surface area contributed by atoms with Gasteiger partial charge in [0, 0.05) is 31.8 Å². The summed E-state index contributed by atoms with van der Waals surface area (Å²) in [6.07, 6.45) is -0.438. The van der Waals surface area contributed by atoms with Crippen molar-refractivity contribution in [2.75, 3.05) is 0 Å². The van der Waals surface area contributed by atoms with E-state index in [-0.39, 0.29) is 21.9 Å². The molecule has 1 aromatic carbocycles. The van der Waals surface area contributed by atoms with Crippen LogP contribution in [-0.2, 0) is 18.8 Å². The lowest BCUT2D eigenvalue weighted by Gasteiger charge is -2.36. The Morgan fingerprint density at radius 1 is 1.35 bits per heavy atom. The van der Waals surface area contributed by atoms with E-state index >= 15 is 0 Å². The van der Waals surface area contributed by atoms with Crippen LogP contribution in [0.3, 0.4) is 0 Å². The van der Waals surface area contributed by atoms with E-state index in [2.05, 4.69) is 10.1 Å². The fourth-order valence-corrected chi connectivity index (χ4v) is 3.84. The van der Waals surface area contributed by atoms with Gasteiger partial charge in [-0.15, -0.1) is 0 Å². The van der Waals surface area contributed by atoms with Crippen LogP contribution in [0.2, 0.25) is 5.02 Å². The molecule has 0 saturated carbocycles. The third-order valence-electron chi connectivity index (χ3n) is 5.31. The van der Waals surface area contributed by atoms with Crippen molar-refractivity contribution in [2.45, 2.75) is 39.0 Å². The number of aromatic nitrogens is 3. The molecule has 0 fully saturated rings. The van der Waals surface area contributed by atoms with Gasteiger partial charge in [-0.25, -0.2) is 18.5 Å². The summed E-state index contributed by atoms with van der Waals surface area (Å²) < 4.78 is 23.5. The maximum Gasteiger partial charge on any atom is 0.338 e. The standard InChI is InChI=1S/C19H21ClFN5O4S/c1-9(23-29)19(3)8-14(22-10(2)30-19)11-6-15(13(21)7-12(11)20)26-16(27)24(4)18(31)25(5)17(26)28/h6-7,10,29H,8H2,1-5H3/b23-9+/t10-,19?/m0/s1. The van der Waals surface area contributed by atoms with Crippen molar-refractivity contribution < 1.29 is 14.3 Å². The van der Waals surface area contributed by atoms with Crippen molar-refractivity contribution in [1.82, 2.24) is 13.7 Å². The van der Waals surface area contributed by atoms with E-state index in [1.54, 1.807) is 20.8 Å². The van der Waals surface area contributed by atoms with E-state index in [9.17, 15) is 19.2 Å². The van der Waals surface area contributed by atoms with Crippen LogP contribution in [0.15, 0.2) is 31.9 Å². The smallest absolute Gasteiger partial charge is 0.338 e. The molecule has 0 radical (unpaired) electrons. The van der Waals surface area contributed by atoms with Crippen LogP contribution in [0.4, 0.5) is 4.39 Å². The quantitative estimate of drug-likeness (QED) is 0.322. The average molecular weight is 470 g/mol. The summed E-state index contributed by atoms with van der Waals surface area (Å²) >= 11 is 11.4. The topological polar surface area (TPSA) is 103 Å². The minimum Gasteiger partial charge on any atom is -0.411 e. The predicted molar refractivity (Wildman–Crippen MR) is 117 cm³/mol. The lowest BCUT2D eigenvalue weighted by Crippen LogP contribution is -2.45. The number of hydrogen-bond donors (Lipinski definition) is 1. The molecule has 12 heteroatoms. The van der Waals surface area contributed by atoms with Crippen LogP contribution in [0, 0.1) is 10.6 Å². The maximum atomic E-state index is 14.9.